The number of rotatable bonds is 5. The minimum Gasteiger partial charge on any atom is -0.478 e. The van der Waals surface area contributed by atoms with Gasteiger partial charge in [-0.1, -0.05) is 0 Å². The maximum absolute atomic E-state index is 11.9. The van der Waals surface area contributed by atoms with Crippen LogP contribution in [0.3, 0.4) is 0 Å². The van der Waals surface area contributed by atoms with E-state index in [1.165, 1.54) is 12.8 Å². The second kappa shape index (κ2) is 7.70. The van der Waals surface area contributed by atoms with Crippen LogP contribution in [0.1, 0.15) is 44.2 Å². The van der Waals surface area contributed by atoms with Gasteiger partial charge >= 0.3 is 5.97 Å². The quantitative estimate of drug-likeness (QED) is 0.849. The van der Waals surface area contributed by atoms with Crippen LogP contribution in [-0.2, 0) is 4.79 Å². The van der Waals surface area contributed by atoms with E-state index >= 15 is 0 Å². The fraction of sp³-hybridized carbons (Fsp3) is 0.684. The lowest BCUT2D eigenvalue weighted by molar-refractivity contribution is -0.160. The van der Waals surface area contributed by atoms with Gasteiger partial charge in [-0.25, -0.2) is 4.79 Å². The summed E-state index contributed by atoms with van der Waals surface area (Å²) in [6.07, 6.45) is 7.21. The van der Waals surface area contributed by atoms with Crippen LogP contribution in [0, 0.1) is 12.8 Å². The first-order chi connectivity index (χ1) is 12.0. The van der Waals surface area contributed by atoms with Crippen molar-refractivity contribution in [3.05, 3.63) is 24.0 Å². The molecule has 0 radical (unpaired) electrons. The number of aliphatic carboxylic acids is 1. The number of carboxylic acids is 1. The summed E-state index contributed by atoms with van der Waals surface area (Å²) in [4.78, 5) is 18.5. The Bertz CT molecular complexity index is 574. The Kier molecular flexibility index (Phi) is 5.59. The first-order valence-electron chi connectivity index (χ1n) is 9.30. The number of pyridine rings is 1. The van der Waals surface area contributed by atoms with Crippen molar-refractivity contribution in [3.8, 4) is 5.75 Å². The van der Waals surface area contributed by atoms with E-state index in [1.54, 1.807) is 12.3 Å². The molecule has 6 nitrogen and oxygen atoms in total. The van der Waals surface area contributed by atoms with Gasteiger partial charge in [0, 0.05) is 44.2 Å². The molecule has 0 unspecified atom stereocenters. The summed E-state index contributed by atoms with van der Waals surface area (Å²) < 4.78 is 5.91. The number of ether oxygens (including phenoxy) is 1. The van der Waals surface area contributed by atoms with Gasteiger partial charge in [-0.05, 0) is 50.7 Å². The number of piperidine rings is 1. The number of hydrogen-bond acceptors (Lipinski definition) is 5. The molecule has 2 fully saturated rings. The van der Waals surface area contributed by atoms with E-state index < -0.39 is 11.6 Å². The molecule has 0 aromatic carbocycles. The minimum absolute atomic E-state index is 0.369. The summed E-state index contributed by atoms with van der Waals surface area (Å²) in [5.41, 5.74) is 5.73. The number of nitrogens with zero attached hydrogens (tertiary/aromatic N) is 2. The second-order valence-electron chi connectivity index (χ2n) is 7.62. The average molecular weight is 347 g/mol. The zero-order valence-electron chi connectivity index (χ0n) is 15.0. The third-order valence-corrected chi connectivity index (χ3v) is 5.66. The maximum Gasteiger partial charge on any atom is 0.348 e. The van der Waals surface area contributed by atoms with Crippen molar-refractivity contribution < 1.29 is 14.6 Å². The van der Waals surface area contributed by atoms with Crippen molar-refractivity contribution in [2.24, 2.45) is 11.7 Å². The van der Waals surface area contributed by atoms with Gasteiger partial charge in [0.2, 0.25) is 5.60 Å². The van der Waals surface area contributed by atoms with E-state index in [0.717, 1.165) is 38.2 Å². The maximum atomic E-state index is 11.9. The first kappa shape index (κ1) is 18.1. The van der Waals surface area contributed by atoms with Gasteiger partial charge in [-0.15, -0.1) is 0 Å². The molecule has 6 heteroatoms. The van der Waals surface area contributed by atoms with Gasteiger partial charge in [0.15, 0.2) is 0 Å². The van der Waals surface area contributed by atoms with Gasteiger partial charge in [0.05, 0.1) is 6.20 Å². The molecule has 25 heavy (non-hydrogen) atoms. The van der Waals surface area contributed by atoms with Crippen LogP contribution in [0.5, 0.6) is 5.75 Å². The lowest BCUT2D eigenvalue weighted by atomic mass is 9.85. The van der Waals surface area contributed by atoms with Crippen LogP contribution >= 0.6 is 0 Å². The van der Waals surface area contributed by atoms with Crippen molar-refractivity contribution in [2.45, 2.75) is 57.1 Å². The zero-order valence-corrected chi connectivity index (χ0v) is 15.0. The smallest absolute Gasteiger partial charge is 0.348 e. The molecular weight excluding hydrogens is 318 g/mol. The summed E-state index contributed by atoms with van der Waals surface area (Å²) in [5.74, 6) is 0.346. The SMILES string of the molecule is Cc1ccc(OC2(C(=O)O)CCN(CC3CCC(N)CC3)CC2)cn1. The standard InChI is InChI=1S/C19H29N3O3/c1-14-2-7-17(12-21-14)25-19(18(23)24)8-10-22(11-9-19)13-15-3-5-16(20)6-4-15/h2,7,12,15-16H,3-6,8-11,13,20H2,1H3,(H,23,24). The summed E-state index contributed by atoms with van der Waals surface area (Å²) in [6, 6.07) is 4.01. The highest BCUT2D eigenvalue weighted by molar-refractivity contribution is 5.78. The summed E-state index contributed by atoms with van der Waals surface area (Å²) in [5, 5.41) is 9.76. The third-order valence-electron chi connectivity index (χ3n) is 5.66. The highest BCUT2D eigenvalue weighted by Gasteiger charge is 2.44. The molecule has 1 aromatic rings. The van der Waals surface area contributed by atoms with Gasteiger partial charge in [-0.2, -0.15) is 0 Å². The summed E-state index contributed by atoms with van der Waals surface area (Å²) in [6.45, 7) is 4.46. The van der Waals surface area contributed by atoms with E-state index in [9.17, 15) is 9.90 Å². The number of carboxylic acid groups (broad SMARTS) is 1. The molecule has 3 N–H and O–H groups in total. The molecule has 138 valence electrons. The number of aryl methyl sites for hydroxylation is 1. The molecule has 1 saturated carbocycles. The average Bonchev–Trinajstić information content (AvgIpc) is 2.60. The summed E-state index contributed by atoms with van der Waals surface area (Å²) in [7, 11) is 0. The normalized spacial score (nSPS) is 27.0. The Balaban J connectivity index is 1.57. The Labute approximate surface area is 149 Å². The highest BCUT2D eigenvalue weighted by atomic mass is 16.5. The van der Waals surface area contributed by atoms with E-state index in [4.69, 9.17) is 10.5 Å². The van der Waals surface area contributed by atoms with E-state index in [1.807, 2.05) is 13.0 Å². The van der Waals surface area contributed by atoms with Crippen molar-refractivity contribution in [2.75, 3.05) is 19.6 Å². The molecule has 3 rings (SSSR count). The van der Waals surface area contributed by atoms with Gasteiger partial charge in [0.1, 0.15) is 5.75 Å². The number of nitrogens with two attached hydrogens (primary N) is 1. The van der Waals surface area contributed by atoms with Crippen molar-refractivity contribution in [1.29, 1.82) is 0 Å². The molecular formula is C19H29N3O3. The van der Waals surface area contributed by atoms with E-state index in [2.05, 4.69) is 9.88 Å². The molecule has 1 aromatic heterocycles. The number of likely N-dealkylation sites (tertiary alicyclic amines) is 1. The van der Waals surface area contributed by atoms with E-state index in [-0.39, 0.29) is 0 Å². The van der Waals surface area contributed by atoms with Crippen LogP contribution in [0.15, 0.2) is 18.3 Å². The fourth-order valence-corrected chi connectivity index (χ4v) is 3.93. The molecule has 1 saturated heterocycles. The Morgan fingerprint density at radius 2 is 2.00 bits per heavy atom. The molecule has 0 atom stereocenters. The van der Waals surface area contributed by atoms with Crippen LogP contribution < -0.4 is 10.5 Å². The van der Waals surface area contributed by atoms with Crippen LogP contribution in [-0.4, -0.2) is 52.2 Å². The second-order valence-corrected chi connectivity index (χ2v) is 7.62. The monoisotopic (exact) mass is 347 g/mol. The molecule has 0 bridgehead atoms. The molecule has 2 aliphatic rings. The predicted molar refractivity (Wildman–Crippen MR) is 95.6 cm³/mol. The number of aromatic nitrogens is 1. The predicted octanol–water partition coefficient (Wildman–Crippen LogP) is 2.21. The number of hydrogen-bond donors (Lipinski definition) is 2. The van der Waals surface area contributed by atoms with E-state index in [0.29, 0.717) is 30.6 Å². The largest absolute Gasteiger partial charge is 0.478 e. The van der Waals surface area contributed by atoms with Crippen molar-refractivity contribution >= 4 is 5.97 Å². The lowest BCUT2D eigenvalue weighted by Crippen LogP contribution is -2.54. The van der Waals surface area contributed by atoms with Crippen LogP contribution in [0.25, 0.3) is 0 Å². The van der Waals surface area contributed by atoms with Gasteiger partial charge in [-0.3, -0.25) is 4.98 Å². The summed E-state index contributed by atoms with van der Waals surface area (Å²) >= 11 is 0. The van der Waals surface area contributed by atoms with Gasteiger partial charge in [0.25, 0.3) is 0 Å². The molecule has 2 heterocycles. The van der Waals surface area contributed by atoms with Crippen molar-refractivity contribution in [1.82, 2.24) is 9.88 Å². The molecule has 1 aliphatic carbocycles. The Morgan fingerprint density at radius 3 is 2.56 bits per heavy atom. The van der Waals surface area contributed by atoms with Crippen molar-refractivity contribution in [3.63, 3.8) is 0 Å². The van der Waals surface area contributed by atoms with Crippen LogP contribution in [0.2, 0.25) is 0 Å². The Hall–Kier alpha value is -1.66. The van der Waals surface area contributed by atoms with Crippen LogP contribution in [0.4, 0.5) is 0 Å². The Morgan fingerprint density at radius 1 is 1.32 bits per heavy atom. The molecule has 0 spiro atoms. The lowest BCUT2D eigenvalue weighted by Gasteiger charge is -2.40. The highest BCUT2D eigenvalue weighted by Crippen LogP contribution is 2.31. The first-order valence-corrected chi connectivity index (χ1v) is 9.30. The zero-order chi connectivity index (χ0) is 17.9. The molecule has 0 amide bonds. The minimum atomic E-state index is -1.14. The number of carbonyl (C=O) groups is 1. The van der Waals surface area contributed by atoms with Gasteiger partial charge < -0.3 is 20.5 Å². The topological polar surface area (TPSA) is 88.7 Å². The fourth-order valence-electron chi connectivity index (χ4n) is 3.93. The third kappa shape index (κ3) is 4.50. The molecule has 1 aliphatic heterocycles.